The highest BCUT2D eigenvalue weighted by molar-refractivity contribution is 9.10. The third-order valence-corrected chi connectivity index (χ3v) is 9.78. The van der Waals surface area contributed by atoms with E-state index in [1.54, 1.807) is 10.9 Å². The molecule has 3 aromatic rings. The molecule has 7 rings (SSSR count). The van der Waals surface area contributed by atoms with Crippen molar-refractivity contribution in [2.75, 3.05) is 0 Å². The molecule has 4 aliphatic carbocycles. The molecule has 0 saturated heterocycles. The number of benzene rings is 2. The molecule has 34 heavy (non-hydrogen) atoms. The lowest BCUT2D eigenvalue weighted by Gasteiger charge is -2.57. The maximum Gasteiger partial charge on any atom is 0.280 e. The molecular weight excluding hydrogens is 486 g/mol. The number of H-pyrrole nitrogens is 1. The second-order valence-electron chi connectivity index (χ2n) is 11.1. The fraction of sp³-hybridized carbons (Fsp3) is 0.448. The number of aryl methyl sites for hydroxylation is 1. The van der Waals surface area contributed by atoms with E-state index in [0.29, 0.717) is 11.0 Å². The van der Waals surface area contributed by atoms with E-state index in [2.05, 4.69) is 64.1 Å². The number of rotatable bonds is 4. The zero-order chi connectivity index (χ0) is 23.6. The van der Waals surface area contributed by atoms with Gasteiger partial charge in [0.1, 0.15) is 0 Å². The second kappa shape index (κ2) is 8.08. The highest BCUT2D eigenvalue weighted by Crippen LogP contribution is 2.60. The van der Waals surface area contributed by atoms with Crippen LogP contribution in [-0.2, 0) is 5.41 Å². The number of hydrogen-bond acceptors (Lipinski definition) is 2. The van der Waals surface area contributed by atoms with Crippen LogP contribution in [0.4, 0.5) is 5.69 Å². The molecular formula is C29H32BrN3O. The molecule has 4 saturated carbocycles. The summed E-state index contributed by atoms with van der Waals surface area (Å²) in [6, 6.07) is 12.8. The maximum atomic E-state index is 13.3. The summed E-state index contributed by atoms with van der Waals surface area (Å²) in [7, 11) is 0. The highest BCUT2D eigenvalue weighted by Gasteiger charge is 2.51. The van der Waals surface area contributed by atoms with Gasteiger partial charge in [-0.25, -0.2) is 4.68 Å². The first-order chi connectivity index (χ1) is 16.3. The van der Waals surface area contributed by atoms with Crippen LogP contribution < -0.4 is 5.56 Å². The van der Waals surface area contributed by atoms with Gasteiger partial charge < -0.3 is 0 Å². The second-order valence-corrected chi connectivity index (χ2v) is 12.0. The largest absolute Gasteiger partial charge is 0.295 e. The van der Waals surface area contributed by atoms with Crippen LogP contribution in [0.25, 0.3) is 5.69 Å². The Bertz CT molecular complexity index is 1310. The monoisotopic (exact) mass is 517 g/mol. The average molecular weight is 518 g/mol. The summed E-state index contributed by atoms with van der Waals surface area (Å²) in [5.74, 6) is 2.79. The summed E-state index contributed by atoms with van der Waals surface area (Å²) < 4.78 is 2.72. The summed E-state index contributed by atoms with van der Waals surface area (Å²) in [4.78, 5) is 17.9. The molecule has 2 aromatic carbocycles. The van der Waals surface area contributed by atoms with E-state index in [9.17, 15) is 4.79 Å². The Morgan fingerprint density at radius 3 is 2.18 bits per heavy atom. The van der Waals surface area contributed by atoms with E-state index in [0.717, 1.165) is 50.4 Å². The number of nitrogens with one attached hydrogen (secondary N) is 1. The average Bonchev–Trinajstić information content (AvgIpc) is 3.09. The molecule has 1 N–H and O–H groups in total. The lowest BCUT2D eigenvalue weighted by Crippen LogP contribution is -2.48. The first kappa shape index (κ1) is 22.1. The van der Waals surface area contributed by atoms with Crippen LogP contribution in [0.1, 0.15) is 66.5 Å². The summed E-state index contributed by atoms with van der Waals surface area (Å²) in [5, 5.41) is 3.26. The number of aromatic amines is 1. The van der Waals surface area contributed by atoms with Gasteiger partial charge in [0.25, 0.3) is 5.56 Å². The smallest absolute Gasteiger partial charge is 0.280 e. The van der Waals surface area contributed by atoms with Gasteiger partial charge in [-0.2, -0.15) is 0 Å². The van der Waals surface area contributed by atoms with Gasteiger partial charge in [0, 0.05) is 16.4 Å². The fourth-order valence-corrected chi connectivity index (χ4v) is 7.80. The minimum Gasteiger partial charge on any atom is -0.295 e. The molecule has 176 valence electrons. The van der Waals surface area contributed by atoms with Crippen LogP contribution in [0.2, 0.25) is 0 Å². The first-order valence-electron chi connectivity index (χ1n) is 12.6. The zero-order valence-corrected chi connectivity index (χ0v) is 21.8. The van der Waals surface area contributed by atoms with Crippen molar-refractivity contribution in [2.45, 2.75) is 64.7 Å². The molecule has 4 fully saturated rings. The van der Waals surface area contributed by atoms with Gasteiger partial charge in [-0.15, -0.1) is 0 Å². The Hall–Kier alpha value is -2.40. The van der Waals surface area contributed by atoms with Crippen molar-refractivity contribution >= 4 is 27.8 Å². The minimum atomic E-state index is -0.0599. The minimum absolute atomic E-state index is 0.0599. The topological polar surface area (TPSA) is 50.1 Å². The van der Waals surface area contributed by atoms with Crippen LogP contribution >= 0.6 is 15.9 Å². The molecule has 4 bridgehead atoms. The van der Waals surface area contributed by atoms with Crippen molar-refractivity contribution in [3.63, 3.8) is 0 Å². The number of halogens is 1. The van der Waals surface area contributed by atoms with E-state index in [1.807, 2.05) is 19.1 Å². The van der Waals surface area contributed by atoms with Gasteiger partial charge >= 0.3 is 0 Å². The maximum absolute atomic E-state index is 13.3. The van der Waals surface area contributed by atoms with Gasteiger partial charge in [0.2, 0.25) is 0 Å². The van der Waals surface area contributed by atoms with Gasteiger partial charge in [-0.05, 0) is 123 Å². The van der Waals surface area contributed by atoms with Gasteiger partial charge in [-0.1, -0.05) is 28.1 Å². The van der Waals surface area contributed by atoms with E-state index in [-0.39, 0.29) is 5.56 Å². The Labute approximate surface area is 209 Å². The Kier molecular flexibility index (Phi) is 5.25. The fourth-order valence-electron chi connectivity index (χ4n) is 7.37. The van der Waals surface area contributed by atoms with Gasteiger partial charge in [-0.3, -0.25) is 14.9 Å². The van der Waals surface area contributed by atoms with Crippen molar-refractivity contribution in [1.82, 2.24) is 9.78 Å². The third kappa shape index (κ3) is 3.55. The molecule has 0 spiro atoms. The molecule has 4 aliphatic rings. The van der Waals surface area contributed by atoms with Crippen LogP contribution in [0.5, 0.6) is 0 Å². The Morgan fingerprint density at radius 1 is 0.941 bits per heavy atom. The number of aromatic nitrogens is 2. The predicted octanol–water partition coefficient (Wildman–Crippen LogP) is 7.07. The van der Waals surface area contributed by atoms with E-state index in [1.165, 1.54) is 44.1 Å². The van der Waals surface area contributed by atoms with Crippen molar-refractivity contribution in [3.05, 3.63) is 79.2 Å². The molecule has 0 radical (unpaired) electrons. The number of nitrogens with zero attached hydrogens (tertiary/aromatic N) is 2. The summed E-state index contributed by atoms with van der Waals surface area (Å²) in [6.07, 6.45) is 10.1. The van der Waals surface area contributed by atoms with Crippen molar-refractivity contribution in [1.29, 1.82) is 0 Å². The molecule has 0 unspecified atom stereocenters. The van der Waals surface area contributed by atoms with Crippen molar-refractivity contribution in [3.8, 4) is 5.69 Å². The van der Waals surface area contributed by atoms with Gasteiger partial charge in [0.15, 0.2) is 0 Å². The molecule has 0 aliphatic heterocycles. The number of aliphatic imine (C=N–C) groups is 1. The van der Waals surface area contributed by atoms with Crippen molar-refractivity contribution in [2.24, 2.45) is 22.7 Å². The summed E-state index contributed by atoms with van der Waals surface area (Å²) in [6.45, 7) is 6.06. The first-order valence-corrected chi connectivity index (χ1v) is 13.3. The van der Waals surface area contributed by atoms with Crippen LogP contribution in [0, 0.1) is 38.5 Å². The summed E-state index contributed by atoms with van der Waals surface area (Å²) >= 11 is 3.57. The van der Waals surface area contributed by atoms with Crippen LogP contribution in [-0.4, -0.2) is 16.0 Å². The van der Waals surface area contributed by atoms with E-state index in [4.69, 9.17) is 0 Å². The predicted molar refractivity (Wildman–Crippen MR) is 142 cm³/mol. The molecule has 1 heterocycles. The quantitative estimate of drug-likeness (QED) is 0.369. The summed E-state index contributed by atoms with van der Waals surface area (Å²) in [5.41, 5.74) is 7.27. The van der Waals surface area contributed by atoms with Crippen LogP contribution in [0.15, 0.2) is 50.7 Å². The lowest BCUT2D eigenvalue weighted by atomic mass is 9.48. The zero-order valence-electron chi connectivity index (χ0n) is 20.2. The molecule has 1 aromatic heterocycles. The normalized spacial score (nSPS) is 27.7. The number of hydrogen-bond donors (Lipinski definition) is 1. The highest BCUT2D eigenvalue weighted by atomic mass is 79.9. The SMILES string of the molecule is Cc1[nH]n(-c2ccc(C34CC5CC(CC(C5)C3)C4)cc2)c(=O)c1C=Nc1ccc(Br)c(C)c1C. The van der Waals surface area contributed by atoms with Crippen molar-refractivity contribution < 1.29 is 0 Å². The third-order valence-electron chi connectivity index (χ3n) is 8.92. The molecule has 5 heteroatoms. The van der Waals surface area contributed by atoms with E-state index >= 15 is 0 Å². The molecule has 0 atom stereocenters. The molecule has 4 nitrogen and oxygen atoms in total. The standard InChI is InChI=1S/C29H32BrN3O/c1-17-18(2)27(9-8-26(17)30)31-16-25-19(3)32-33(28(25)34)24-6-4-23(5-7-24)29-13-20-10-21(14-29)12-22(11-20)15-29/h4-9,16,20-22,32H,10-15H2,1-3H3. The Balaban J connectivity index is 1.29. The van der Waals surface area contributed by atoms with Gasteiger partial charge in [0.05, 0.1) is 16.9 Å². The lowest BCUT2D eigenvalue weighted by molar-refractivity contribution is -0.00518. The van der Waals surface area contributed by atoms with E-state index < -0.39 is 0 Å². The molecule has 0 amide bonds. The van der Waals surface area contributed by atoms with Crippen LogP contribution in [0.3, 0.4) is 0 Å². The Morgan fingerprint density at radius 2 is 1.56 bits per heavy atom.